The third kappa shape index (κ3) is 5.74. The summed E-state index contributed by atoms with van der Waals surface area (Å²) in [4.78, 5) is 0. The zero-order valence-electron chi connectivity index (χ0n) is 10.5. The topological polar surface area (TPSA) is 26.0 Å². The molecule has 0 spiro atoms. The third-order valence-electron chi connectivity index (χ3n) is 2.77. The van der Waals surface area contributed by atoms with E-state index in [1.165, 1.54) is 0 Å². The summed E-state index contributed by atoms with van der Waals surface area (Å²) in [6, 6.07) is 6.94. The summed E-state index contributed by atoms with van der Waals surface area (Å²) < 4.78 is 36.1. The maximum Gasteiger partial charge on any atom is 0.389 e. The first kappa shape index (κ1) is 17.3. The summed E-state index contributed by atoms with van der Waals surface area (Å²) in [5.41, 5.74) is 7.65. The van der Waals surface area contributed by atoms with E-state index in [9.17, 15) is 13.2 Å². The molecule has 0 radical (unpaired) electrons. The zero-order valence-corrected chi connectivity index (χ0v) is 11.3. The number of alkyl halides is 3. The van der Waals surface area contributed by atoms with Crippen molar-refractivity contribution >= 4 is 12.4 Å². The highest BCUT2D eigenvalue weighted by atomic mass is 35.5. The highest BCUT2D eigenvalue weighted by Gasteiger charge is 2.27. The normalized spacial score (nSPS) is 13.3. The van der Waals surface area contributed by atoms with Crippen molar-refractivity contribution in [3.63, 3.8) is 0 Å². The fraction of sp³-hybridized carbons (Fsp3) is 0.538. The van der Waals surface area contributed by atoms with Gasteiger partial charge in [-0.15, -0.1) is 12.4 Å². The Morgan fingerprint density at radius 2 is 1.50 bits per heavy atom. The lowest BCUT2D eigenvalue weighted by Gasteiger charge is -2.14. The van der Waals surface area contributed by atoms with Gasteiger partial charge in [0.05, 0.1) is 0 Å². The molecule has 18 heavy (non-hydrogen) atoms. The second-order valence-corrected chi connectivity index (χ2v) is 4.58. The number of hydrogen-bond donors (Lipinski definition) is 1. The first-order chi connectivity index (χ1) is 7.79. The molecular formula is C13H19ClF3N. The van der Waals surface area contributed by atoms with Gasteiger partial charge in [0.25, 0.3) is 0 Å². The van der Waals surface area contributed by atoms with Gasteiger partial charge in [0.15, 0.2) is 0 Å². The highest BCUT2D eigenvalue weighted by molar-refractivity contribution is 5.85. The Kier molecular flexibility index (Phi) is 6.71. The van der Waals surface area contributed by atoms with Gasteiger partial charge in [-0.2, -0.15) is 13.2 Å². The summed E-state index contributed by atoms with van der Waals surface area (Å²) >= 11 is 0. The fourth-order valence-corrected chi connectivity index (χ4v) is 1.61. The van der Waals surface area contributed by atoms with E-state index >= 15 is 0 Å². The monoisotopic (exact) mass is 281 g/mol. The lowest BCUT2D eigenvalue weighted by atomic mass is 9.97. The molecule has 0 unspecified atom stereocenters. The quantitative estimate of drug-likeness (QED) is 0.859. The van der Waals surface area contributed by atoms with Gasteiger partial charge in [0.2, 0.25) is 0 Å². The predicted molar refractivity (Wildman–Crippen MR) is 70.0 cm³/mol. The van der Waals surface area contributed by atoms with E-state index in [0.29, 0.717) is 5.92 Å². The van der Waals surface area contributed by atoms with E-state index < -0.39 is 18.6 Å². The Labute approximate surface area is 112 Å². The Hall–Kier alpha value is -0.740. The number of hydrogen-bond acceptors (Lipinski definition) is 1. The SMILES string of the molecule is CC(C)c1ccc([C@@H](N)CCC(F)(F)F)cc1.Cl. The molecule has 0 bridgehead atoms. The molecule has 1 rings (SSSR count). The second kappa shape index (κ2) is 7.00. The lowest BCUT2D eigenvalue weighted by Crippen LogP contribution is -2.15. The van der Waals surface area contributed by atoms with Crippen molar-refractivity contribution in [3.8, 4) is 0 Å². The lowest BCUT2D eigenvalue weighted by molar-refractivity contribution is -0.136. The predicted octanol–water partition coefficient (Wildman–Crippen LogP) is 4.57. The Balaban J connectivity index is 0.00000289. The van der Waals surface area contributed by atoms with Gasteiger partial charge < -0.3 is 5.73 Å². The Bertz CT molecular complexity index is 346. The number of benzene rings is 1. The molecule has 0 aliphatic carbocycles. The maximum absolute atomic E-state index is 12.0. The first-order valence-corrected chi connectivity index (χ1v) is 5.72. The highest BCUT2D eigenvalue weighted by Crippen LogP contribution is 2.27. The zero-order chi connectivity index (χ0) is 13.1. The summed E-state index contributed by atoms with van der Waals surface area (Å²) in [7, 11) is 0. The minimum Gasteiger partial charge on any atom is -0.324 e. The van der Waals surface area contributed by atoms with Crippen LogP contribution in [-0.4, -0.2) is 6.18 Å². The van der Waals surface area contributed by atoms with Crippen molar-refractivity contribution in [2.24, 2.45) is 5.73 Å². The summed E-state index contributed by atoms with van der Waals surface area (Å²) in [6.45, 7) is 4.14. The van der Waals surface area contributed by atoms with Gasteiger partial charge in [-0.05, 0) is 23.5 Å². The molecule has 1 aromatic rings. The molecular weight excluding hydrogens is 263 g/mol. The molecule has 104 valence electrons. The number of nitrogens with two attached hydrogens (primary N) is 1. The summed E-state index contributed by atoms with van der Waals surface area (Å²) in [5, 5.41) is 0. The van der Waals surface area contributed by atoms with Crippen molar-refractivity contribution in [1.82, 2.24) is 0 Å². The molecule has 0 saturated heterocycles. The standard InChI is InChI=1S/C13H18F3N.ClH/c1-9(2)10-3-5-11(6-4-10)12(17)7-8-13(14,15)16;/h3-6,9,12H,7-8,17H2,1-2H3;1H/t12-;/m0./s1. The minimum atomic E-state index is -4.13. The molecule has 0 aliphatic rings. The van der Waals surface area contributed by atoms with Crippen molar-refractivity contribution in [3.05, 3.63) is 35.4 Å². The molecule has 1 aromatic carbocycles. The summed E-state index contributed by atoms with van der Waals surface area (Å²) in [6.07, 6.45) is -5.03. The first-order valence-electron chi connectivity index (χ1n) is 5.72. The van der Waals surface area contributed by atoms with Crippen LogP contribution in [0.15, 0.2) is 24.3 Å². The molecule has 0 saturated carbocycles. The summed E-state index contributed by atoms with van der Waals surface area (Å²) in [5.74, 6) is 0.412. The van der Waals surface area contributed by atoms with Crippen molar-refractivity contribution in [1.29, 1.82) is 0 Å². The second-order valence-electron chi connectivity index (χ2n) is 4.58. The van der Waals surface area contributed by atoms with Crippen molar-refractivity contribution in [2.75, 3.05) is 0 Å². The number of halogens is 4. The molecule has 0 heterocycles. The molecule has 1 nitrogen and oxygen atoms in total. The van der Waals surface area contributed by atoms with E-state index in [1.54, 1.807) is 0 Å². The van der Waals surface area contributed by atoms with E-state index in [2.05, 4.69) is 13.8 Å². The average molecular weight is 282 g/mol. The van der Waals surface area contributed by atoms with Gasteiger partial charge in [0, 0.05) is 12.5 Å². The van der Waals surface area contributed by atoms with E-state index in [0.717, 1.165) is 11.1 Å². The van der Waals surface area contributed by atoms with Gasteiger partial charge in [-0.25, -0.2) is 0 Å². The van der Waals surface area contributed by atoms with E-state index in [-0.39, 0.29) is 18.8 Å². The van der Waals surface area contributed by atoms with Crippen molar-refractivity contribution in [2.45, 2.75) is 44.8 Å². The van der Waals surface area contributed by atoms with Crippen LogP contribution in [0.3, 0.4) is 0 Å². The smallest absolute Gasteiger partial charge is 0.324 e. The van der Waals surface area contributed by atoms with Crippen LogP contribution >= 0.6 is 12.4 Å². The average Bonchev–Trinajstić information content (AvgIpc) is 2.25. The van der Waals surface area contributed by atoms with Crippen LogP contribution in [0, 0.1) is 0 Å². The van der Waals surface area contributed by atoms with Gasteiger partial charge >= 0.3 is 6.18 Å². The largest absolute Gasteiger partial charge is 0.389 e. The van der Waals surface area contributed by atoms with Crippen LogP contribution < -0.4 is 5.73 Å². The third-order valence-corrected chi connectivity index (χ3v) is 2.77. The number of rotatable bonds is 4. The van der Waals surface area contributed by atoms with Crippen LogP contribution in [0.4, 0.5) is 13.2 Å². The molecule has 0 aromatic heterocycles. The molecule has 0 aliphatic heterocycles. The molecule has 0 fully saturated rings. The van der Waals surface area contributed by atoms with Crippen LogP contribution in [-0.2, 0) is 0 Å². The van der Waals surface area contributed by atoms with Gasteiger partial charge in [0.1, 0.15) is 0 Å². The van der Waals surface area contributed by atoms with E-state index in [1.807, 2.05) is 24.3 Å². The minimum absolute atomic E-state index is 0. The van der Waals surface area contributed by atoms with Crippen LogP contribution in [0.5, 0.6) is 0 Å². The fourth-order valence-electron chi connectivity index (χ4n) is 1.61. The van der Waals surface area contributed by atoms with Crippen LogP contribution in [0.2, 0.25) is 0 Å². The van der Waals surface area contributed by atoms with Crippen molar-refractivity contribution < 1.29 is 13.2 Å². The van der Waals surface area contributed by atoms with Gasteiger partial charge in [-0.1, -0.05) is 38.1 Å². The molecule has 0 amide bonds. The molecule has 2 N–H and O–H groups in total. The Morgan fingerprint density at radius 3 is 1.89 bits per heavy atom. The van der Waals surface area contributed by atoms with E-state index in [4.69, 9.17) is 5.73 Å². The molecule has 1 atom stereocenters. The maximum atomic E-state index is 12.0. The van der Waals surface area contributed by atoms with Crippen LogP contribution in [0.1, 0.15) is 49.8 Å². The van der Waals surface area contributed by atoms with Gasteiger partial charge in [-0.3, -0.25) is 0 Å². The molecule has 5 heteroatoms. The van der Waals surface area contributed by atoms with Crippen LogP contribution in [0.25, 0.3) is 0 Å². The Morgan fingerprint density at radius 1 is 1.06 bits per heavy atom.